The monoisotopic (exact) mass is 350 g/mol. The second kappa shape index (κ2) is 8.88. The van der Waals surface area contributed by atoms with Gasteiger partial charge in [-0.1, -0.05) is 56.5 Å². The van der Waals surface area contributed by atoms with E-state index in [2.05, 4.69) is 42.6 Å². The molecule has 0 spiro atoms. The number of carbonyl (C=O) groups excluding carboxylic acids is 1. The summed E-state index contributed by atoms with van der Waals surface area (Å²) in [6.45, 7) is 2.90. The maximum absolute atomic E-state index is 12.9. The van der Waals surface area contributed by atoms with Crippen LogP contribution in [-0.4, -0.2) is 23.9 Å². The van der Waals surface area contributed by atoms with Crippen LogP contribution in [0.15, 0.2) is 48.5 Å². The molecular formula is C23H30N2O. The zero-order valence-electron chi connectivity index (χ0n) is 16.0. The highest BCUT2D eigenvalue weighted by atomic mass is 16.2. The van der Waals surface area contributed by atoms with Crippen molar-refractivity contribution in [3.63, 3.8) is 0 Å². The average molecular weight is 351 g/mol. The molecule has 3 nitrogen and oxygen atoms in total. The largest absolute Gasteiger partial charge is 0.381 e. The molecule has 26 heavy (non-hydrogen) atoms. The van der Waals surface area contributed by atoms with Crippen LogP contribution in [0.1, 0.15) is 60.5 Å². The number of amides is 1. The molecule has 3 heteroatoms. The number of nitrogens with zero attached hydrogens (tertiary/aromatic N) is 1. The van der Waals surface area contributed by atoms with Crippen molar-refractivity contribution in [3.8, 4) is 0 Å². The van der Waals surface area contributed by atoms with E-state index < -0.39 is 0 Å². The van der Waals surface area contributed by atoms with E-state index in [1.165, 1.54) is 30.5 Å². The standard InChI is InChI=1S/C23H30N2O/c1-3-19-11-7-8-15-22(19)24-17-18-10-9-12-20(16-18)23(26)25(2)21-13-5-4-6-14-21/h7-12,15-16,21,24H,3-6,13-14,17H2,1-2H3. The van der Waals surface area contributed by atoms with Gasteiger partial charge in [-0.3, -0.25) is 4.79 Å². The molecule has 0 heterocycles. The fraction of sp³-hybridized carbons (Fsp3) is 0.435. The molecule has 1 amide bonds. The molecule has 1 saturated carbocycles. The maximum atomic E-state index is 12.9. The molecule has 0 radical (unpaired) electrons. The van der Waals surface area contributed by atoms with Gasteiger partial charge in [-0.05, 0) is 48.6 Å². The molecule has 0 aromatic heterocycles. The lowest BCUT2D eigenvalue weighted by molar-refractivity contribution is 0.0696. The van der Waals surface area contributed by atoms with E-state index in [1.54, 1.807) is 0 Å². The fourth-order valence-electron chi connectivity index (χ4n) is 3.85. The Bertz CT molecular complexity index is 734. The van der Waals surface area contributed by atoms with Gasteiger partial charge in [0, 0.05) is 30.9 Å². The van der Waals surface area contributed by atoms with Crippen molar-refractivity contribution in [2.75, 3.05) is 12.4 Å². The van der Waals surface area contributed by atoms with Crippen LogP contribution in [0.5, 0.6) is 0 Å². The predicted molar refractivity (Wildman–Crippen MR) is 109 cm³/mol. The van der Waals surface area contributed by atoms with E-state index in [1.807, 2.05) is 30.1 Å². The van der Waals surface area contributed by atoms with Gasteiger partial charge in [0.15, 0.2) is 0 Å². The summed E-state index contributed by atoms with van der Waals surface area (Å²) < 4.78 is 0. The second-order valence-electron chi connectivity index (χ2n) is 7.27. The van der Waals surface area contributed by atoms with E-state index in [-0.39, 0.29) is 5.91 Å². The van der Waals surface area contributed by atoms with Crippen molar-refractivity contribution in [1.82, 2.24) is 4.90 Å². The number of carbonyl (C=O) groups is 1. The minimum atomic E-state index is 0.146. The Hall–Kier alpha value is -2.29. The van der Waals surface area contributed by atoms with Crippen LogP contribution in [0.2, 0.25) is 0 Å². The smallest absolute Gasteiger partial charge is 0.253 e. The highest BCUT2D eigenvalue weighted by Gasteiger charge is 2.23. The van der Waals surface area contributed by atoms with Gasteiger partial charge in [0.1, 0.15) is 0 Å². The number of para-hydroxylation sites is 1. The highest BCUT2D eigenvalue weighted by molar-refractivity contribution is 5.94. The summed E-state index contributed by atoms with van der Waals surface area (Å²) in [4.78, 5) is 14.8. The molecule has 1 N–H and O–H groups in total. The van der Waals surface area contributed by atoms with Crippen LogP contribution in [0, 0.1) is 0 Å². The Balaban J connectivity index is 1.66. The quantitative estimate of drug-likeness (QED) is 0.770. The first-order valence-corrected chi connectivity index (χ1v) is 9.87. The zero-order valence-corrected chi connectivity index (χ0v) is 16.0. The van der Waals surface area contributed by atoms with Crippen LogP contribution in [-0.2, 0) is 13.0 Å². The first-order chi connectivity index (χ1) is 12.7. The zero-order chi connectivity index (χ0) is 18.4. The van der Waals surface area contributed by atoms with E-state index in [4.69, 9.17) is 0 Å². The van der Waals surface area contributed by atoms with E-state index in [0.29, 0.717) is 6.04 Å². The Labute approximate surface area is 157 Å². The molecule has 0 atom stereocenters. The minimum absolute atomic E-state index is 0.146. The third-order valence-electron chi connectivity index (χ3n) is 5.50. The van der Waals surface area contributed by atoms with Crippen LogP contribution in [0.3, 0.4) is 0 Å². The molecule has 0 saturated heterocycles. The predicted octanol–water partition coefficient (Wildman–Crippen LogP) is 5.27. The van der Waals surface area contributed by atoms with Crippen molar-refractivity contribution in [2.45, 2.75) is 58.0 Å². The van der Waals surface area contributed by atoms with Crippen molar-refractivity contribution < 1.29 is 4.79 Å². The first-order valence-electron chi connectivity index (χ1n) is 9.87. The lowest BCUT2D eigenvalue weighted by Gasteiger charge is -2.31. The third-order valence-corrected chi connectivity index (χ3v) is 5.50. The Kier molecular flexibility index (Phi) is 6.32. The van der Waals surface area contributed by atoms with Gasteiger partial charge in [0.25, 0.3) is 5.91 Å². The summed E-state index contributed by atoms with van der Waals surface area (Å²) in [5.74, 6) is 0.146. The number of hydrogen-bond donors (Lipinski definition) is 1. The van der Waals surface area contributed by atoms with Gasteiger partial charge in [-0.25, -0.2) is 0 Å². The molecule has 0 bridgehead atoms. The lowest BCUT2D eigenvalue weighted by atomic mass is 9.94. The number of aryl methyl sites for hydroxylation is 1. The van der Waals surface area contributed by atoms with Crippen LogP contribution < -0.4 is 5.32 Å². The third kappa shape index (κ3) is 4.46. The van der Waals surface area contributed by atoms with E-state index in [9.17, 15) is 4.79 Å². The second-order valence-corrected chi connectivity index (χ2v) is 7.27. The Morgan fingerprint density at radius 3 is 2.62 bits per heavy atom. The van der Waals surface area contributed by atoms with Crippen molar-refractivity contribution in [1.29, 1.82) is 0 Å². The number of hydrogen-bond acceptors (Lipinski definition) is 2. The average Bonchev–Trinajstić information content (AvgIpc) is 2.72. The van der Waals surface area contributed by atoms with Crippen LogP contribution in [0.25, 0.3) is 0 Å². The molecule has 3 rings (SSSR count). The fourth-order valence-corrected chi connectivity index (χ4v) is 3.85. The molecule has 2 aromatic rings. The molecule has 0 unspecified atom stereocenters. The molecular weight excluding hydrogens is 320 g/mol. The van der Waals surface area contributed by atoms with E-state index >= 15 is 0 Å². The SMILES string of the molecule is CCc1ccccc1NCc1cccc(C(=O)N(C)C2CCCCC2)c1. The summed E-state index contributed by atoms with van der Waals surface area (Å²) >= 11 is 0. The minimum Gasteiger partial charge on any atom is -0.381 e. The number of rotatable bonds is 6. The lowest BCUT2D eigenvalue weighted by Crippen LogP contribution is -2.38. The van der Waals surface area contributed by atoms with Crippen molar-refractivity contribution in [3.05, 3.63) is 65.2 Å². The summed E-state index contributed by atoms with van der Waals surface area (Å²) in [5, 5.41) is 3.51. The van der Waals surface area contributed by atoms with Gasteiger partial charge in [0.05, 0.1) is 0 Å². The van der Waals surface area contributed by atoms with Crippen LogP contribution >= 0.6 is 0 Å². The maximum Gasteiger partial charge on any atom is 0.253 e. The number of benzene rings is 2. The first kappa shape index (κ1) is 18.5. The van der Waals surface area contributed by atoms with E-state index in [0.717, 1.165) is 36.9 Å². The highest BCUT2D eigenvalue weighted by Crippen LogP contribution is 2.23. The summed E-state index contributed by atoms with van der Waals surface area (Å²) in [6, 6.07) is 16.8. The summed E-state index contributed by atoms with van der Waals surface area (Å²) in [7, 11) is 1.96. The molecule has 1 fully saturated rings. The molecule has 138 valence electrons. The van der Waals surface area contributed by atoms with Crippen molar-refractivity contribution in [2.24, 2.45) is 0 Å². The normalized spacial score (nSPS) is 14.8. The molecule has 2 aromatic carbocycles. The summed E-state index contributed by atoms with van der Waals surface area (Å²) in [5.41, 5.74) is 4.42. The number of anilines is 1. The van der Waals surface area contributed by atoms with Crippen LogP contribution in [0.4, 0.5) is 5.69 Å². The van der Waals surface area contributed by atoms with Gasteiger partial charge < -0.3 is 10.2 Å². The van der Waals surface area contributed by atoms with Gasteiger partial charge in [-0.2, -0.15) is 0 Å². The Morgan fingerprint density at radius 1 is 1.08 bits per heavy atom. The topological polar surface area (TPSA) is 32.3 Å². The number of nitrogens with one attached hydrogen (secondary N) is 1. The van der Waals surface area contributed by atoms with Gasteiger partial charge in [-0.15, -0.1) is 0 Å². The molecule has 0 aliphatic heterocycles. The molecule has 1 aliphatic carbocycles. The summed E-state index contributed by atoms with van der Waals surface area (Å²) in [6.07, 6.45) is 7.06. The van der Waals surface area contributed by atoms with Gasteiger partial charge in [0.2, 0.25) is 0 Å². The molecule has 1 aliphatic rings. The van der Waals surface area contributed by atoms with Gasteiger partial charge >= 0.3 is 0 Å². The van der Waals surface area contributed by atoms with Crippen molar-refractivity contribution >= 4 is 11.6 Å². The Morgan fingerprint density at radius 2 is 1.85 bits per heavy atom.